The van der Waals surface area contributed by atoms with Crippen LogP contribution in [0.4, 0.5) is 0 Å². The molecular formula is C13H25NO3. The van der Waals surface area contributed by atoms with Crippen LogP contribution in [-0.4, -0.2) is 28.4 Å². The molecule has 0 aliphatic heterocycles. The summed E-state index contributed by atoms with van der Waals surface area (Å²) in [6.07, 6.45) is 0.631. The molecule has 0 aliphatic rings. The molecule has 0 amide bonds. The molecule has 0 saturated carbocycles. The van der Waals surface area contributed by atoms with Gasteiger partial charge >= 0.3 is 5.97 Å². The highest BCUT2D eigenvalue weighted by Crippen LogP contribution is 2.18. The van der Waals surface area contributed by atoms with Crippen LogP contribution in [-0.2, 0) is 9.59 Å². The van der Waals surface area contributed by atoms with Gasteiger partial charge in [0.1, 0.15) is 11.8 Å². The van der Waals surface area contributed by atoms with Crippen molar-refractivity contribution in [2.75, 3.05) is 0 Å². The van der Waals surface area contributed by atoms with Gasteiger partial charge in [0.25, 0.3) is 0 Å². The number of carbonyl (C=O) groups is 2. The summed E-state index contributed by atoms with van der Waals surface area (Å²) in [5.74, 6) is -0.805. The number of nitrogens with one attached hydrogen (secondary N) is 1. The van der Waals surface area contributed by atoms with Gasteiger partial charge in [0, 0.05) is 17.4 Å². The van der Waals surface area contributed by atoms with E-state index in [9.17, 15) is 9.59 Å². The lowest BCUT2D eigenvalue weighted by Gasteiger charge is -2.26. The summed E-state index contributed by atoms with van der Waals surface area (Å²) in [4.78, 5) is 22.8. The van der Waals surface area contributed by atoms with Crippen LogP contribution < -0.4 is 5.32 Å². The first-order valence-corrected chi connectivity index (χ1v) is 5.97. The number of hydrogen-bond acceptors (Lipinski definition) is 3. The second-order valence-corrected chi connectivity index (χ2v) is 6.50. The molecular weight excluding hydrogens is 218 g/mol. The van der Waals surface area contributed by atoms with Crippen LogP contribution in [0.2, 0.25) is 0 Å². The molecule has 0 saturated heterocycles. The summed E-state index contributed by atoms with van der Waals surface area (Å²) in [5, 5.41) is 12.1. The van der Waals surface area contributed by atoms with Crippen molar-refractivity contribution in [3.8, 4) is 0 Å². The van der Waals surface area contributed by atoms with Gasteiger partial charge in [0.2, 0.25) is 0 Å². The van der Waals surface area contributed by atoms with E-state index in [1.54, 1.807) is 0 Å². The van der Waals surface area contributed by atoms with Crippen LogP contribution in [0.25, 0.3) is 0 Å². The summed E-state index contributed by atoms with van der Waals surface area (Å²) < 4.78 is 0. The first-order valence-electron chi connectivity index (χ1n) is 5.97. The highest BCUT2D eigenvalue weighted by atomic mass is 16.4. The first-order chi connectivity index (χ1) is 7.43. The molecule has 0 aliphatic carbocycles. The predicted molar refractivity (Wildman–Crippen MR) is 68.0 cm³/mol. The number of carboxylic acid groups (broad SMARTS) is 1. The molecule has 17 heavy (non-hydrogen) atoms. The monoisotopic (exact) mass is 243 g/mol. The van der Waals surface area contributed by atoms with Crippen LogP contribution in [0.15, 0.2) is 0 Å². The van der Waals surface area contributed by atoms with E-state index >= 15 is 0 Å². The number of carbonyl (C=O) groups excluding carboxylic acids is 1. The van der Waals surface area contributed by atoms with Crippen LogP contribution in [0, 0.1) is 5.41 Å². The van der Waals surface area contributed by atoms with Gasteiger partial charge in [-0.05, 0) is 27.2 Å². The Morgan fingerprint density at radius 2 is 1.59 bits per heavy atom. The Bertz CT molecular complexity index is 284. The van der Waals surface area contributed by atoms with Crippen molar-refractivity contribution >= 4 is 11.8 Å². The van der Waals surface area contributed by atoms with Gasteiger partial charge in [-0.1, -0.05) is 20.8 Å². The number of rotatable bonds is 5. The van der Waals surface area contributed by atoms with Gasteiger partial charge in [0.05, 0.1) is 0 Å². The Hall–Kier alpha value is -0.900. The van der Waals surface area contributed by atoms with E-state index < -0.39 is 17.4 Å². The van der Waals surface area contributed by atoms with Crippen LogP contribution in [0.3, 0.4) is 0 Å². The summed E-state index contributed by atoms with van der Waals surface area (Å²) >= 11 is 0. The van der Waals surface area contributed by atoms with Crippen LogP contribution >= 0.6 is 0 Å². The largest absolute Gasteiger partial charge is 0.480 e. The van der Waals surface area contributed by atoms with Crippen molar-refractivity contribution in [1.29, 1.82) is 0 Å². The van der Waals surface area contributed by atoms with Crippen molar-refractivity contribution in [2.24, 2.45) is 5.41 Å². The van der Waals surface area contributed by atoms with E-state index in [2.05, 4.69) is 5.32 Å². The molecule has 0 bridgehead atoms. The Labute approximate surface area is 104 Å². The fourth-order valence-electron chi connectivity index (χ4n) is 1.43. The van der Waals surface area contributed by atoms with Gasteiger partial charge in [0.15, 0.2) is 0 Å². The third-order valence-electron chi connectivity index (χ3n) is 2.40. The lowest BCUT2D eigenvalue weighted by Crippen LogP contribution is -2.48. The van der Waals surface area contributed by atoms with Crippen LogP contribution in [0.1, 0.15) is 54.4 Å². The lowest BCUT2D eigenvalue weighted by molar-refractivity contribution is -0.140. The molecule has 0 rings (SSSR count). The van der Waals surface area contributed by atoms with Crippen molar-refractivity contribution in [1.82, 2.24) is 5.32 Å². The van der Waals surface area contributed by atoms with E-state index in [0.29, 0.717) is 12.8 Å². The third-order valence-corrected chi connectivity index (χ3v) is 2.40. The maximum absolute atomic E-state index is 11.7. The molecule has 1 atom stereocenters. The Morgan fingerprint density at radius 3 is 1.88 bits per heavy atom. The number of Topliss-reactive ketones (excluding diaryl/α,β-unsaturated/α-hetero) is 1. The fourth-order valence-corrected chi connectivity index (χ4v) is 1.43. The Kier molecular flexibility index (Phi) is 5.33. The molecule has 0 aromatic heterocycles. The second kappa shape index (κ2) is 5.63. The molecule has 4 nitrogen and oxygen atoms in total. The normalized spacial score (nSPS) is 14.5. The SMILES string of the molecule is CC(C)(C)N[C@@H](CCC(=O)C(C)(C)C)C(=O)O. The van der Waals surface area contributed by atoms with E-state index in [1.165, 1.54) is 0 Å². The molecule has 2 N–H and O–H groups in total. The minimum Gasteiger partial charge on any atom is -0.480 e. The minimum absolute atomic E-state index is 0.0967. The van der Waals surface area contributed by atoms with E-state index in [1.807, 2.05) is 41.5 Å². The smallest absolute Gasteiger partial charge is 0.320 e. The van der Waals surface area contributed by atoms with Gasteiger partial charge in [-0.15, -0.1) is 0 Å². The molecule has 100 valence electrons. The zero-order valence-electron chi connectivity index (χ0n) is 11.8. The zero-order valence-corrected chi connectivity index (χ0v) is 11.8. The van der Waals surface area contributed by atoms with Gasteiger partial charge in [-0.3, -0.25) is 14.9 Å². The molecule has 0 unspecified atom stereocenters. The molecule has 0 fully saturated rings. The van der Waals surface area contributed by atoms with Gasteiger partial charge in [-0.2, -0.15) is 0 Å². The number of aliphatic carboxylic acids is 1. The molecule has 0 radical (unpaired) electrons. The topological polar surface area (TPSA) is 66.4 Å². The number of hydrogen-bond donors (Lipinski definition) is 2. The fraction of sp³-hybridized carbons (Fsp3) is 0.846. The predicted octanol–water partition coefficient (Wildman–Crippen LogP) is 2.22. The van der Waals surface area contributed by atoms with Crippen molar-refractivity contribution < 1.29 is 14.7 Å². The standard InChI is InChI=1S/C13H25NO3/c1-12(2,3)10(15)8-7-9(11(16)17)14-13(4,5)6/h9,14H,7-8H2,1-6H3,(H,16,17)/t9-/m0/s1. The average molecular weight is 243 g/mol. The van der Waals surface area contributed by atoms with Crippen molar-refractivity contribution in [3.05, 3.63) is 0 Å². The molecule has 0 aromatic carbocycles. The third kappa shape index (κ3) is 7.10. The lowest BCUT2D eigenvalue weighted by atomic mass is 9.87. The maximum atomic E-state index is 11.7. The van der Waals surface area contributed by atoms with Crippen LogP contribution in [0.5, 0.6) is 0 Å². The summed E-state index contributed by atoms with van der Waals surface area (Å²) in [7, 11) is 0. The number of ketones is 1. The van der Waals surface area contributed by atoms with Gasteiger partial charge < -0.3 is 5.11 Å². The molecule has 0 spiro atoms. The van der Waals surface area contributed by atoms with Gasteiger partial charge in [-0.25, -0.2) is 0 Å². The van der Waals surface area contributed by atoms with E-state index in [-0.39, 0.29) is 11.3 Å². The molecule has 4 heteroatoms. The summed E-state index contributed by atoms with van der Waals surface area (Å²) in [5.41, 5.74) is -0.668. The quantitative estimate of drug-likeness (QED) is 0.777. The minimum atomic E-state index is -0.901. The molecule has 0 aromatic rings. The average Bonchev–Trinajstić information content (AvgIpc) is 2.07. The van der Waals surface area contributed by atoms with Crippen molar-refractivity contribution in [3.63, 3.8) is 0 Å². The van der Waals surface area contributed by atoms with E-state index in [0.717, 1.165) is 0 Å². The number of carboxylic acids is 1. The molecule has 0 heterocycles. The first kappa shape index (κ1) is 16.1. The van der Waals surface area contributed by atoms with E-state index in [4.69, 9.17) is 5.11 Å². The Balaban J connectivity index is 4.40. The highest BCUT2D eigenvalue weighted by Gasteiger charge is 2.27. The Morgan fingerprint density at radius 1 is 1.12 bits per heavy atom. The second-order valence-electron chi connectivity index (χ2n) is 6.50. The summed E-state index contributed by atoms with van der Waals surface area (Å²) in [6.45, 7) is 11.3. The zero-order chi connectivity index (χ0) is 13.9. The highest BCUT2D eigenvalue weighted by molar-refractivity contribution is 5.84. The van der Waals surface area contributed by atoms with Crippen molar-refractivity contribution in [2.45, 2.75) is 66.0 Å². The summed E-state index contributed by atoms with van der Waals surface area (Å²) in [6, 6.07) is -0.665. The maximum Gasteiger partial charge on any atom is 0.320 e.